The molecule has 0 saturated carbocycles. The van der Waals surface area contributed by atoms with Crippen molar-refractivity contribution in [2.75, 3.05) is 13.1 Å². The molecule has 5 rings (SSSR count). The third-order valence-electron chi connectivity index (χ3n) is 5.05. The summed E-state index contributed by atoms with van der Waals surface area (Å²) in [5.41, 5.74) is 2.59. The Kier molecular flexibility index (Phi) is 3.59. The number of rotatable bonds is 3. The van der Waals surface area contributed by atoms with Crippen molar-refractivity contribution < 1.29 is 4.74 Å². The summed E-state index contributed by atoms with van der Waals surface area (Å²) >= 11 is 3.55. The van der Waals surface area contributed by atoms with Gasteiger partial charge in [0.05, 0.1) is 23.3 Å². The predicted molar refractivity (Wildman–Crippen MR) is 97.3 cm³/mol. The largest absolute Gasteiger partial charge is 0.364 e. The van der Waals surface area contributed by atoms with Crippen LogP contribution in [0.1, 0.15) is 17.8 Å². The molecule has 0 unspecified atom stereocenters. The van der Waals surface area contributed by atoms with Crippen LogP contribution in [-0.4, -0.2) is 33.1 Å². The second-order valence-corrected chi connectivity index (χ2v) is 8.41. The van der Waals surface area contributed by atoms with Gasteiger partial charge in [-0.05, 0) is 40.3 Å². The Hall–Kier alpha value is -1.47. The van der Waals surface area contributed by atoms with Gasteiger partial charge in [-0.3, -0.25) is 4.90 Å². The standard InChI is InChI=1S/C18H19N3OS2/c1-2-16(24-6-1)15-8-19-17-10-22-18(13-21(15)17)4-5-20(12-18)9-14-3-7-23-11-14/h1-3,6-8,11H,4-5,9-10,12-13H2/t18-/m1/s1. The monoisotopic (exact) mass is 357 g/mol. The first-order valence-electron chi connectivity index (χ1n) is 8.27. The minimum Gasteiger partial charge on any atom is -0.364 e. The van der Waals surface area contributed by atoms with E-state index in [4.69, 9.17) is 4.74 Å². The zero-order valence-electron chi connectivity index (χ0n) is 13.4. The number of fused-ring (bicyclic) bond motifs is 1. The maximum atomic E-state index is 6.31. The van der Waals surface area contributed by atoms with Gasteiger partial charge >= 0.3 is 0 Å². The zero-order valence-corrected chi connectivity index (χ0v) is 15.0. The lowest BCUT2D eigenvalue weighted by Gasteiger charge is -2.35. The first-order chi connectivity index (χ1) is 11.8. The number of hydrogen-bond acceptors (Lipinski definition) is 5. The van der Waals surface area contributed by atoms with Crippen LogP contribution in [-0.2, 0) is 24.4 Å². The van der Waals surface area contributed by atoms with Crippen LogP contribution >= 0.6 is 22.7 Å². The molecule has 0 amide bonds. The second-order valence-electron chi connectivity index (χ2n) is 6.69. The van der Waals surface area contributed by atoms with E-state index in [-0.39, 0.29) is 5.60 Å². The molecule has 0 aliphatic carbocycles. The Balaban J connectivity index is 1.38. The molecular formula is C18H19N3OS2. The molecule has 124 valence electrons. The Morgan fingerprint density at radius 3 is 3.08 bits per heavy atom. The van der Waals surface area contributed by atoms with Crippen LogP contribution in [0.2, 0.25) is 0 Å². The molecular weight excluding hydrogens is 338 g/mol. The lowest BCUT2D eigenvalue weighted by atomic mass is 10.0. The third-order valence-corrected chi connectivity index (χ3v) is 6.67. The Morgan fingerprint density at radius 1 is 1.25 bits per heavy atom. The number of likely N-dealkylation sites (tertiary alicyclic amines) is 1. The Morgan fingerprint density at radius 2 is 2.25 bits per heavy atom. The molecule has 1 fully saturated rings. The highest BCUT2D eigenvalue weighted by Crippen LogP contribution is 2.36. The normalized spacial score (nSPS) is 23.8. The number of nitrogens with zero attached hydrogens (tertiary/aromatic N) is 3. The number of thiophene rings is 2. The first-order valence-corrected chi connectivity index (χ1v) is 10.1. The van der Waals surface area contributed by atoms with E-state index < -0.39 is 0 Å². The predicted octanol–water partition coefficient (Wildman–Crippen LogP) is 3.85. The molecule has 1 spiro atoms. The van der Waals surface area contributed by atoms with Gasteiger partial charge in [0.2, 0.25) is 0 Å². The van der Waals surface area contributed by atoms with E-state index in [9.17, 15) is 0 Å². The number of imidazole rings is 1. The maximum absolute atomic E-state index is 6.31. The quantitative estimate of drug-likeness (QED) is 0.713. The van der Waals surface area contributed by atoms with Crippen molar-refractivity contribution in [2.24, 2.45) is 0 Å². The van der Waals surface area contributed by atoms with E-state index in [0.29, 0.717) is 6.61 Å². The van der Waals surface area contributed by atoms with Gasteiger partial charge in [-0.15, -0.1) is 11.3 Å². The molecule has 1 saturated heterocycles. The topological polar surface area (TPSA) is 30.3 Å². The molecule has 3 aromatic heterocycles. The molecule has 0 bridgehead atoms. The van der Waals surface area contributed by atoms with Crippen LogP contribution in [0.5, 0.6) is 0 Å². The summed E-state index contributed by atoms with van der Waals surface area (Å²) in [7, 11) is 0. The number of aromatic nitrogens is 2. The molecule has 24 heavy (non-hydrogen) atoms. The average Bonchev–Trinajstić information content (AvgIpc) is 3.35. The summed E-state index contributed by atoms with van der Waals surface area (Å²) in [6.07, 6.45) is 3.10. The van der Waals surface area contributed by atoms with E-state index in [2.05, 4.69) is 48.8 Å². The summed E-state index contributed by atoms with van der Waals surface area (Å²) in [4.78, 5) is 8.39. The van der Waals surface area contributed by atoms with Crippen molar-refractivity contribution in [1.82, 2.24) is 14.5 Å². The van der Waals surface area contributed by atoms with Gasteiger partial charge in [0, 0.05) is 19.6 Å². The summed E-state index contributed by atoms with van der Waals surface area (Å²) < 4.78 is 8.69. The fourth-order valence-electron chi connectivity index (χ4n) is 3.83. The van der Waals surface area contributed by atoms with E-state index >= 15 is 0 Å². The fourth-order valence-corrected chi connectivity index (χ4v) is 5.23. The lowest BCUT2D eigenvalue weighted by Crippen LogP contribution is -2.44. The van der Waals surface area contributed by atoms with Gasteiger partial charge in [0.25, 0.3) is 0 Å². The van der Waals surface area contributed by atoms with Crippen molar-refractivity contribution in [3.8, 4) is 10.6 Å². The summed E-state index contributed by atoms with van der Waals surface area (Å²) in [6, 6.07) is 6.50. The van der Waals surface area contributed by atoms with Gasteiger partial charge in [0.1, 0.15) is 18.0 Å². The van der Waals surface area contributed by atoms with Crippen LogP contribution in [0.4, 0.5) is 0 Å². The summed E-state index contributed by atoms with van der Waals surface area (Å²) in [6.45, 7) is 4.68. The van der Waals surface area contributed by atoms with E-state index in [1.807, 2.05) is 6.20 Å². The number of ether oxygens (including phenoxy) is 1. The molecule has 0 aromatic carbocycles. The van der Waals surface area contributed by atoms with Crippen molar-refractivity contribution in [3.63, 3.8) is 0 Å². The van der Waals surface area contributed by atoms with Crippen LogP contribution in [0.25, 0.3) is 10.6 Å². The zero-order chi connectivity index (χ0) is 16.0. The van der Waals surface area contributed by atoms with Gasteiger partial charge < -0.3 is 9.30 Å². The number of hydrogen-bond donors (Lipinski definition) is 0. The van der Waals surface area contributed by atoms with E-state index in [0.717, 1.165) is 38.4 Å². The van der Waals surface area contributed by atoms with Gasteiger partial charge in [0.15, 0.2) is 0 Å². The molecule has 0 radical (unpaired) electrons. The highest BCUT2D eigenvalue weighted by molar-refractivity contribution is 7.13. The van der Waals surface area contributed by atoms with Crippen molar-refractivity contribution >= 4 is 22.7 Å². The molecule has 1 atom stereocenters. The first kappa shape index (κ1) is 14.8. The average molecular weight is 358 g/mol. The Labute approximate surface area is 149 Å². The molecule has 2 aliphatic rings. The lowest BCUT2D eigenvalue weighted by molar-refractivity contribution is -0.0821. The van der Waals surface area contributed by atoms with Gasteiger partial charge in [-0.2, -0.15) is 11.3 Å². The summed E-state index contributed by atoms with van der Waals surface area (Å²) in [5, 5.41) is 6.53. The minimum atomic E-state index is -0.0598. The van der Waals surface area contributed by atoms with Gasteiger partial charge in [-0.25, -0.2) is 4.98 Å². The molecule has 6 heteroatoms. The maximum Gasteiger partial charge on any atom is 0.135 e. The highest BCUT2D eigenvalue weighted by Gasteiger charge is 2.43. The fraction of sp³-hybridized carbons (Fsp3) is 0.389. The minimum absolute atomic E-state index is 0.0598. The van der Waals surface area contributed by atoms with E-state index in [1.54, 1.807) is 22.7 Å². The summed E-state index contributed by atoms with van der Waals surface area (Å²) in [5.74, 6) is 1.06. The van der Waals surface area contributed by atoms with Crippen LogP contribution < -0.4 is 0 Å². The molecule has 5 heterocycles. The van der Waals surface area contributed by atoms with Crippen LogP contribution in [0.3, 0.4) is 0 Å². The molecule has 4 nitrogen and oxygen atoms in total. The van der Waals surface area contributed by atoms with Crippen molar-refractivity contribution in [2.45, 2.75) is 31.7 Å². The highest BCUT2D eigenvalue weighted by atomic mass is 32.1. The Bertz CT molecular complexity index is 825. The second kappa shape index (κ2) is 5.81. The SMILES string of the molecule is c1csc(-c2cnc3n2C[C@]2(CCN(Cc4ccsc4)C2)OC3)c1. The van der Waals surface area contributed by atoms with Crippen LogP contribution in [0.15, 0.2) is 40.5 Å². The third kappa shape index (κ3) is 2.54. The molecule has 0 N–H and O–H groups in total. The van der Waals surface area contributed by atoms with E-state index in [1.165, 1.54) is 16.1 Å². The van der Waals surface area contributed by atoms with Crippen LogP contribution in [0, 0.1) is 0 Å². The van der Waals surface area contributed by atoms with Crippen molar-refractivity contribution in [1.29, 1.82) is 0 Å². The van der Waals surface area contributed by atoms with Crippen molar-refractivity contribution in [3.05, 3.63) is 51.9 Å². The smallest absolute Gasteiger partial charge is 0.135 e. The van der Waals surface area contributed by atoms with Gasteiger partial charge in [-0.1, -0.05) is 6.07 Å². The molecule has 3 aromatic rings. The molecule has 2 aliphatic heterocycles.